The van der Waals surface area contributed by atoms with Gasteiger partial charge >= 0.3 is 0 Å². The smallest absolute Gasteiger partial charge is 0.252 e. The molecule has 2 aromatic rings. The van der Waals surface area contributed by atoms with E-state index in [0.717, 1.165) is 36.8 Å². The van der Waals surface area contributed by atoms with Gasteiger partial charge in [0, 0.05) is 18.7 Å². The highest BCUT2D eigenvalue weighted by Crippen LogP contribution is 2.24. The molecule has 0 saturated carbocycles. The van der Waals surface area contributed by atoms with Gasteiger partial charge in [0.15, 0.2) is 0 Å². The van der Waals surface area contributed by atoms with Crippen molar-refractivity contribution in [1.29, 1.82) is 0 Å². The van der Waals surface area contributed by atoms with Crippen molar-refractivity contribution in [2.75, 3.05) is 13.1 Å². The molecule has 6 heteroatoms. The molecule has 5 nitrogen and oxygen atoms in total. The predicted molar refractivity (Wildman–Crippen MR) is 120 cm³/mol. The van der Waals surface area contributed by atoms with Crippen LogP contribution in [0.1, 0.15) is 71.3 Å². The fraction of sp³-hybridized carbons (Fsp3) is 0.458. The number of nitrogens with zero attached hydrogens (tertiary/aromatic N) is 1. The number of piperidine rings is 1. The second-order valence-electron chi connectivity index (χ2n) is 8.22. The zero-order valence-electron chi connectivity index (χ0n) is 18.4. The number of carbonyl (C=O) groups excluding carboxylic acids is 1. The van der Waals surface area contributed by atoms with Gasteiger partial charge < -0.3 is 5.32 Å². The quantitative estimate of drug-likeness (QED) is 0.727. The van der Waals surface area contributed by atoms with Crippen LogP contribution in [0.3, 0.4) is 0 Å². The lowest BCUT2D eigenvalue weighted by molar-refractivity contribution is 0.0934. The monoisotopic (exact) mass is 428 g/mol. The Labute approximate surface area is 180 Å². The Balaban J connectivity index is 1.86. The number of benzene rings is 2. The van der Waals surface area contributed by atoms with Crippen molar-refractivity contribution < 1.29 is 13.2 Å². The summed E-state index contributed by atoms with van der Waals surface area (Å²) in [5, 5.41) is 3.10. The first-order valence-corrected chi connectivity index (χ1v) is 12.2. The molecule has 3 rings (SSSR count). The van der Waals surface area contributed by atoms with Crippen molar-refractivity contribution in [2.24, 2.45) is 0 Å². The van der Waals surface area contributed by atoms with E-state index in [4.69, 9.17) is 0 Å². The third-order valence-corrected chi connectivity index (χ3v) is 7.95. The van der Waals surface area contributed by atoms with Crippen LogP contribution in [0.25, 0.3) is 0 Å². The molecule has 0 radical (unpaired) electrons. The van der Waals surface area contributed by atoms with Gasteiger partial charge in [-0.15, -0.1) is 0 Å². The minimum absolute atomic E-state index is 0.126. The number of sulfonamides is 1. The number of aryl methyl sites for hydroxylation is 3. The molecular weight excluding hydrogens is 396 g/mol. The van der Waals surface area contributed by atoms with Crippen molar-refractivity contribution in [3.05, 3.63) is 64.2 Å². The van der Waals surface area contributed by atoms with E-state index in [0.29, 0.717) is 18.7 Å². The topological polar surface area (TPSA) is 66.5 Å². The van der Waals surface area contributed by atoms with Gasteiger partial charge in [0.25, 0.3) is 5.91 Å². The Morgan fingerprint density at radius 2 is 1.63 bits per heavy atom. The molecule has 0 spiro atoms. The lowest BCUT2D eigenvalue weighted by Gasteiger charge is -2.26. The molecule has 1 fully saturated rings. The molecule has 1 heterocycles. The Morgan fingerprint density at radius 1 is 0.967 bits per heavy atom. The average Bonchev–Trinajstić information content (AvgIpc) is 2.74. The zero-order valence-corrected chi connectivity index (χ0v) is 19.2. The van der Waals surface area contributed by atoms with Gasteiger partial charge in [-0.25, -0.2) is 8.42 Å². The summed E-state index contributed by atoms with van der Waals surface area (Å²) in [6.07, 6.45) is 3.57. The summed E-state index contributed by atoms with van der Waals surface area (Å²) >= 11 is 0. The SMILES string of the molecule is CC[C@@H](NC(=O)c1cc(S(=O)(=O)N2CCCCC2)ccc1C)c1ccc(C)c(C)c1. The average molecular weight is 429 g/mol. The van der Waals surface area contributed by atoms with Gasteiger partial charge in [0.05, 0.1) is 10.9 Å². The van der Waals surface area contributed by atoms with Crippen molar-refractivity contribution in [2.45, 2.75) is 64.3 Å². The second-order valence-corrected chi connectivity index (χ2v) is 10.2. The molecule has 1 aliphatic heterocycles. The van der Waals surface area contributed by atoms with Crippen molar-refractivity contribution in [3.63, 3.8) is 0 Å². The van der Waals surface area contributed by atoms with E-state index in [1.807, 2.05) is 19.9 Å². The van der Waals surface area contributed by atoms with E-state index < -0.39 is 10.0 Å². The lowest BCUT2D eigenvalue weighted by atomic mass is 9.99. The normalized spacial score (nSPS) is 16.3. The summed E-state index contributed by atoms with van der Waals surface area (Å²) in [4.78, 5) is 13.3. The number of nitrogens with one attached hydrogen (secondary N) is 1. The first kappa shape index (κ1) is 22.5. The van der Waals surface area contributed by atoms with E-state index in [2.05, 4.69) is 31.3 Å². The van der Waals surface area contributed by atoms with E-state index in [1.54, 1.807) is 12.1 Å². The summed E-state index contributed by atoms with van der Waals surface area (Å²) in [7, 11) is -3.58. The molecule has 1 atom stereocenters. The summed E-state index contributed by atoms with van der Waals surface area (Å²) in [6, 6.07) is 10.9. The van der Waals surface area contributed by atoms with Crippen molar-refractivity contribution in [3.8, 4) is 0 Å². The molecule has 1 aliphatic rings. The first-order valence-electron chi connectivity index (χ1n) is 10.7. The van der Waals surface area contributed by atoms with Gasteiger partial charge in [0.1, 0.15) is 0 Å². The van der Waals surface area contributed by atoms with Crippen LogP contribution in [-0.2, 0) is 10.0 Å². The molecule has 1 N–H and O–H groups in total. The van der Waals surface area contributed by atoms with Crippen LogP contribution in [0.5, 0.6) is 0 Å². The largest absolute Gasteiger partial charge is 0.345 e. The highest BCUT2D eigenvalue weighted by Gasteiger charge is 2.27. The van der Waals surface area contributed by atoms with Gasteiger partial charge in [-0.1, -0.05) is 37.6 Å². The predicted octanol–water partition coefficient (Wildman–Crippen LogP) is 4.67. The molecule has 162 valence electrons. The Hall–Kier alpha value is -2.18. The minimum Gasteiger partial charge on any atom is -0.345 e. The number of carbonyl (C=O) groups is 1. The van der Waals surface area contributed by atoms with E-state index >= 15 is 0 Å². The van der Waals surface area contributed by atoms with Gasteiger partial charge in [-0.3, -0.25) is 4.79 Å². The summed E-state index contributed by atoms with van der Waals surface area (Å²) in [6.45, 7) is 9.08. The fourth-order valence-electron chi connectivity index (χ4n) is 3.90. The highest BCUT2D eigenvalue weighted by atomic mass is 32.2. The van der Waals surface area contributed by atoms with E-state index in [-0.39, 0.29) is 16.8 Å². The van der Waals surface area contributed by atoms with Gasteiger partial charge in [0.2, 0.25) is 10.0 Å². The summed E-state index contributed by atoms with van der Waals surface area (Å²) < 4.78 is 27.6. The van der Waals surface area contributed by atoms with E-state index in [9.17, 15) is 13.2 Å². The Kier molecular flexibility index (Phi) is 6.98. The number of amides is 1. The molecule has 2 aromatic carbocycles. The highest BCUT2D eigenvalue weighted by molar-refractivity contribution is 7.89. The van der Waals surface area contributed by atoms with E-state index in [1.165, 1.54) is 21.5 Å². The Bertz CT molecular complexity index is 1020. The van der Waals surface area contributed by atoms with Crippen LogP contribution in [0.2, 0.25) is 0 Å². The summed E-state index contributed by atoms with van der Waals surface area (Å²) in [5.41, 5.74) is 4.64. The van der Waals surface area contributed by atoms with Crippen LogP contribution >= 0.6 is 0 Å². The molecule has 0 bridgehead atoms. The lowest BCUT2D eigenvalue weighted by Crippen LogP contribution is -2.36. The molecule has 0 unspecified atom stereocenters. The molecule has 1 saturated heterocycles. The zero-order chi connectivity index (χ0) is 21.9. The molecule has 1 amide bonds. The van der Waals surface area contributed by atoms with Gasteiger partial charge in [-0.05, 0) is 74.4 Å². The minimum atomic E-state index is -3.58. The maximum absolute atomic E-state index is 13.1. The van der Waals surface area contributed by atoms with Crippen LogP contribution < -0.4 is 5.32 Å². The van der Waals surface area contributed by atoms with Crippen molar-refractivity contribution >= 4 is 15.9 Å². The third-order valence-electron chi connectivity index (χ3n) is 6.05. The first-order chi connectivity index (χ1) is 14.2. The van der Waals surface area contributed by atoms with Crippen LogP contribution in [0.4, 0.5) is 0 Å². The van der Waals surface area contributed by atoms with Crippen LogP contribution in [-0.4, -0.2) is 31.7 Å². The molecule has 0 aliphatic carbocycles. The maximum Gasteiger partial charge on any atom is 0.252 e. The van der Waals surface area contributed by atoms with Crippen molar-refractivity contribution in [1.82, 2.24) is 9.62 Å². The molecule has 0 aromatic heterocycles. The number of hydrogen-bond acceptors (Lipinski definition) is 3. The number of hydrogen-bond donors (Lipinski definition) is 1. The standard InChI is InChI=1S/C24H32N2O3S/c1-5-23(20-11-9-17(2)19(4)15-20)25-24(27)22-16-21(12-10-18(22)3)30(28,29)26-13-7-6-8-14-26/h9-12,15-16,23H,5-8,13-14H2,1-4H3,(H,25,27)/t23-/m1/s1. The third kappa shape index (κ3) is 4.76. The second kappa shape index (κ2) is 9.31. The fourth-order valence-corrected chi connectivity index (χ4v) is 5.44. The maximum atomic E-state index is 13.1. The Morgan fingerprint density at radius 3 is 2.27 bits per heavy atom. The molecular formula is C24H32N2O3S. The number of rotatable bonds is 6. The molecule has 30 heavy (non-hydrogen) atoms. The van der Waals surface area contributed by atoms with Gasteiger partial charge in [-0.2, -0.15) is 4.31 Å². The van der Waals surface area contributed by atoms with Crippen LogP contribution in [0, 0.1) is 20.8 Å². The summed E-state index contributed by atoms with van der Waals surface area (Å²) in [5.74, 6) is -0.242. The van der Waals surface area contributed by atoms with Crippen LogP contribution in [0.15, 0.2) is 41.3 Å².